The van der Waals surface area contributed by atoms with E-state index >= 15 is 0 Å². The molecule has 1 aromatic heterocycles. The van der Waals surface area contributed by atoms with Crippen LogP contribution in [-0.2, 0) is 68.2 Å². The highest BCUT2D eigenvalue weighted by molar-refractivity contribution is 8.04. The second-order valence-electron chi connectivity index (χ2n) is 36.5. The lowest BCUT2D eigenvalue weighted by molar-refractivity contribution is -0.671. The number of aryl methyl sites for hydroxylation is 1. The summed E-state index contributed by atoms with van der Waals surface area (Å²) in [7, 11) is 2.10. The fourth-order valence-electron chi connectivity index (χ4n) is 18.5. The number of fused-ring (bicyclic) bond motifs is 2. The maximum absolute atomic E-state index is 13.2. The van der Waals surface area contributed by atoms with Crippen LogP contribution in [0.15, 0.2) is 70.7 Å². The molecule has 137 heavy (non-hydrogen) atoms. The number of aliphatic hydroxyl groups is 12. The van der Waals surface area contributed by atoms with Crippen molar-refractivity contribution in [3.05, 3.63) is 71.4 Å². The molecule has 50 heteroatoms. The first kappa shape index (κ1) is 112. The zero-order valence-electron chi connectivity index (χ0n) is 77.1. The largest absolute Gasteiger partial charge is 0.389 e. The standard InChI is InChI=1S/C87H148N20O25S5/c1-105-48-16-5-6-17-55(48)137-57(105)32-41-19-29-107(47-15-4-3-14-42(41)47)28-11-7-18-56(108)100-20-8-2-10-25-106(27-13-22-102-87(134)104-24-31-136-40-54-77(130-83-61(99)71(118)67(114)52(38-91)124-83)73(120)85(126-54)132-79-63(110)44(93)34-46(95)75(79)128-81-59(97)69(116)65(112)50(36-89)122-81)26-12-9-21-101-86(133)103-23-30-135-39-53-76(129-82-60(98)70(117)66(113)51(37-90)123-82)72(119)84(125-53)131-78-62(109)43(92)33-45(94)74(78)127-80-58(96)68(115)64(111)49(35-88)121-80/h3-6,14-17,19,29,32,43-46,49-54,58-85,109-120H,2,7-13,18,20-28,30-31,33-40,88-99H2,1H3,(H4-,100,101,102,103,104,108,133,134)/p+1/t43-,44-,45?,46?,49?,50?,51+,52+,53-,54-,58?,59?,60?,61?,62?,63?,64-,65-,66-,67-,68-,69-,70?,71?,72+,73+,74-,75-,76+,77+,78-,79-,80-,81-,82-,83-,84?,85?/m1/s1. The number of nitrogens with two attached hydrogens (primary N) is 12. The Morgan fingerprint density at radius 1 is 0.445 bits per heavy atom. The number of benzene rings is 2. The van der Waals surface area contributed by atoms with Crippen molar-refractivity contribution in [2.45, 2.75) is 315 Å². The van der Waals surface area contributed by atoms with Gasteiger partial charge >= 0.3 is 0 Å². The number of amides is 1. The molecule has 38 atom stereocenters. The number of anilines is 1. The first-order chi connectivity index (χ1) is 65.7. The fourth-order valence-corrected chi connectivity index (χ4v) is 21.8. The van der Waals surface area contributed by atoms with Gasteiger partial charge in [-0.3, -0.25) is 4.79 Å². The highest BCUT2D eigenvalue weighted by Crippen LogP contribution is 2.46. The topological polar surface area (TPSA) is 753 Å². The molecule has 12 rings (SSSR count). The van der Waals surface area contributed by atoms with Crippen molar-refractivity contribution in [2.75, 3.05) is 113 Å². The summed E-state index contributed by atoms with van der Waals surface area (Å²) in [6, 6.07) is 10.2. The molecule has 2 saturated carbocycles. The molecule has 7 aliphatic heterocycles. The molecule has 776 valence electrons. The summed E-state index contributed by atoms with van der Waals surface area (Å²) in [6.45, 7) is 4.82. The van der Waals surface area contributed by atoms with Gasteiger partial charge in [0.15, 0.2) is 54.2 Å². The third kappa shape index (κ3) is 28.8. The minimum atomic E-state index is -1.61. The van der Waals surface area contributed by atoms with E-state index < -0.39 is 233 Å². The minimum absolute atomic E-state index is 0.0316. The number of thiocarbonyl (C=S) groups is 2. The van der Waals surface area contributed by atoms with Crippen LogP contribution in [0, 0.1) is 0 Å². The van der Waals surface area contributed by atoms with E-state index in [-0.39, 0.29) is 56.4 Å². The second kappa shape index (κ2) is 53.8. The highest BCUT2D eigenvalue weighted by atomic mass is 32.2. The molecule has 1 amide bonds. The lowest BCUT2D eigenvalue weighted by Crippen LogP contribution is -2.68. The Hall–Kier alpha value is -4.19. The van der Waals surface area contributed by atoms with Gasteiger partial charge < -0.3 is 223 Å². The van der Waals surface area contributed by atoms with Crippen LogP contribution in [0.5, 0.6) is 0 Å². The number of pyridine rings is 1. The molecule has 45 nitrogen and oxygen atoms in total. The predicted molar refractivity (Wildman–Crippen MR) is 518 cm³/mol. The number of hydrogen-bond donors (Lipinski definition) is 29. The van der Waals surface area contributed by atoms with Gasteiger partial charge in [0.1, 0.15) is 129 Å². The summed E-state index contributed by atoms with van der Waals surface area (Å²) in [6.07, 6.45) is -29.0. The number of para-hydroxylation sites is 2. The van der Waals surface area contributed by atoms with Crippen molar-refractivity contribution >= 4 is 98.5 Å². The summed E-state index contributed by atoms with van der Waals surface area (Å²) in [5.41, 5.74) is 78.2. The van der Waals surface area contributed by atoms with Crippen LogP contribution in [-0.4, -0.2) is 423 Å². The zero-order valence-corrected chi connectivity index (χ0v) is 81.2. The van der Waals surface area contributed by atoms with Gasteiger partial charge in [-0.15, -0.1) is 0 Å². The summed E-state index contributed by atoms with van der Waals surface area (Å²) >= 11 is 16.1. The number of rotatable bonds is 47. The van der Waals surface area contributed by atoms with E-state index in [1.807, 2.05) is 0 Å². The molecule has 3 aromatic rings. The summed E-state index contributed by atoms with van der Waals surface area (Å²) in [4.78, 5) is 19.1. The van der Waals surface area contributed by atoms with Crippen LogP contribution in [0.2, 0.25) is 0 Å². The minimum Gasteiger partial charge on any atom is -0.389 e. The van der Waals surface area contributed by atoms with Gasteiger partial charge in [-0.2, -0.15) is 28.1 Å². The number of thioether (sulfide) groups is 3. The van der Waals surface area contributed by atoms with Crippen molar-refractivity contribution < 1.29 is 127 Å². The van der Waals surface area contributed by atoms with E-state index in [0.29, 0.717) is 60.9 Å². The predicted octanol–water partition coefficient (Wildman–Crippen LogP) is -9.76. The molecule has 0 radical (unpaired) electrons. The number of hydrogen-bond acceptors (Lipinski definition) is 44. The summed E-state index contributed by atoms with van der Waals surface area (Å²) in [5, 5.41) is 153. The molecule has 9 aliphatic rings. The smallest absolute Gasteiger partial charge is 0.219 e. The molecule has 41 N–H and O–H groups in total. The molecule has 8 heterocycles. The number of nitrogens with zero attached hydrogens (tertiary/aromatic N) is 3. The van der Waals surface area contributed by atoms with E-state index in [1.165, 1.54) is 34.1 Å². The SMILES string of the molecule is CN1/C(=C/c2cc[n+](CCCCC(=O)NCCCCCN(CCCCNC(=S)NCCSC[C@H]3OC(O[C@@H]4C(O)[C@H](N)CC(N)[C@H]4O[C@H]4OC(CN)[C@@H](O)[C@H](O)C4N)[C@@H](O)[C@H]3O[C@H]3O[C@@H](CN)[C@@H](O)C(O)C3N)CCCNC(=S)NCCSC[C@H]3OC(O[C@@H]4C(O)[C@H](N)CC(N)[C@H]4O[C@H]4OC(CN)[C@@H](O)[C@H](O)C4N)[C@@H](O)[C@H]3O[C@H]3O[C@@H](CN)[C@@H](O)C(O)C3N)c3ccccc23)Sc2ccccc21. The van der Waals surface area contributed by atoms with Crippen LogP contribution in [0.25, 0.3) is 17.0 Å². The second-order valence-corrected chi connectivity index (χ2v) is 40.7. The number of aliphatic hydroxyl groups excluding tert-OH is 12. The Bertz CT molecular complexity index is 4240. The third-order valence-electron chi connectivity index (χ3n) is 26.7. The molecule has 0 bridgehead atoms. The molecule has 6 saturated heterocycles. The summed E-state index contributed by atoms with van der Waals surface area (Å²) < 4.78 is 76.5. The Morgan fingerprint density at radius 3 is 1.31 bits per heavy atom. The Morgan fingerprint density at radius 2 is 0.839 bits per heavy atom. The normalized spacial score (nSPS) is 38.3. The highest BCUT2D eigenvalue weighted by Gasteiger charge is 2.58. The van der Waals surface area contributed by atoms with E-state index in [0.717, 1.165) is 99.0 Å². The van der Waals surface area contributed by atoms with Gasteiger partial charge in [0.25, 0.3) is 0 Å². The fraction of sp³-hybridized carbons (Fsp3) is 0.770. The number of carbonyl (C=O) groups excluding carboxylic acids is 1. The van der Waals surface area contributed by atoms with Crippen molar-refractivity contribution in [3.8, 4) is 0 Å². The average molecular weight is 2040 g/mol. The van der Waals surface area contributed by atoms with Gasteiger partial charge in [0.2, 0.25) is 11.4 Å². The van der Waals surface area contributed by atoms with Crippen molar-refractivity contribution in [3.63, 3.8) is 0 Å². The number of carbonyl (C=O) groups is 1. The van der Waals surface area contributed by atoms with Crippen LogP contribution in [0.3, 0.4) is 0 Å². The van der Waals surface area contributed by atoms with Gasteiger partial charge in [0, 0.05) is 143 Å². The van der Waals surface area contributed by atoms with Crippen LogP contribution in [0.1, 0.15) is 76.2 Å². The van der Waals surface area contributed by atoms with Gasteiger partial charge in [-0.1, -0.05) is 42.4 Å². The van der Waals surface area contributed by atoms with Crippen molar-refractivity contribution in [1.29, 1.82) is 0 Å². The number of ether oxygens (including phenoxy) is 12. The van der Waals surface area contributed by atoms with E-state index in [4.69, 9.17) is 150 Å². The van der Waals surface area contributed by atoms with Gasteiger partial charge in [0.05, 0.1) is 64.7 Å². The quantitative estimate of drug-likeness (QED) is 0.0142. The maximum Gasteiger partial charge on any atom is 0.219 e. The van der Waals surface area contributed by atoms with E-state index in [1.54, 1.807) is 11.8 Å². The van der Waals surface area contributed by atoms with Crippen LogP contribution >= 0.6 is 59.7 Å². The Kier molecular flexibility index (Phi) is 43.8. The number of aromatic nitrogens is 1. The lowest BCUT2D eigenvalue weighted by Gasteiger charge is -2.47. The van der Waals surface area contributed by atoms with Gasteiger partial charge in [-0.05, 0) is 125 Å². The van der Waals surface area contributed by atoms with E-state index in [9.17, 15) is 66.1 Å². The monoisotopic (exact) mass is 2030 g/mol. The molecule has 2 aliphatic carbocycles. The third-order valence-corrected chi connectivity index (χ3v) is 30.5. The van der Waals surface area contributed by atoms with Crippen LogP contribution < -0.4 is 105 Å². The zero-order chi connectivity index (χ0) is 98.6. The molecule has 2 aromatic carbocycles. The first-order valence-corrected chi connectivity index (χ1v) is 51.4. The maximum atomic E-state index is 13.2. The molecular formula is C87H149N20O25S5+. The number of nitrogens with one attached hydrogen (secondary N) is 5. The lowest BCUT2D eigenvalue weighted by atomic mass is 9.84. The average Bonchev–Trinajstić information content (AvgIpc) is 1.12. The Labute approximate surface area is 821 Å². The molecule has 14 unspecified atom stereocenters. The van der Waals surface area contributed by atoms with Crippen LogP contribution in [0.4, 0.5) is 5.69 Å². The van der Waals surface area contributed by atoms with E-state index in [2.05, 4.69) is 115 Å². The molecule has 0 spiro atoms. The molecular weight excluding hydrogens is 1890 g/mol. The summed E-state index contributed by atoms with van der Waals surface area (Å²) in [5.74, 6) is 1.33. The first-order valence-electron chi connectivity index (χ1n) is 47.4. The molecule has 8 fully saturated rings. The Balaban J connectivity index is 0.608. The van der Waals surface area contributed by atoms with Crippen molar-refractivity contribution in [1.82, 2.24) is 31.5 Å². The number of unbranched alkanes of at least 4 members (excludes halogenated alkanes) is 4. The van der Waals surface area contributed by atoms with Gasteiger partial charge in [-0.25, -0.2) is 0 Å². The van der Waals surface area contributed by atoms with Crippen molar-refractivity contribution in [2.24, 2.45) is 68.8 Å².